The number of carbonyl (C=O) groups excluding carboxylic acids is 1. The first-order valence-corrected chi connectivity index (χ1v) is 9.35. The van der Waals surface area contributed by atoms with Gasteiger partial charge in [-0.15, -0.1) is 0 Å². The van der Waals surface area contributed by atoms with Crippen LogP contribution in [0.15, 0.2) is 42.5 Å². The molecule has 1 aliphatic heterocycles. The van der Waals surface area contributed by atoms with Crippen LogP contribution < -0.4 is 0 Å². The molecule has 1 saturated heterocycles. The highest BCUT2D eigenvalue weighted by molar-refractivity contribution is 5.95. The summed E-state index contributed by atoms with van der Waals surface area (Å²) in [6.45, 7) is 2.52. The summed E-state index contributed by atoms with van der Waals surface area (Å²) in [4.78, 5) is 16.8. The standard InChI is InChI=1S/C22H28N2O2/c1-23(2)15-17-9-10-21(20(13-17)16-25)18-7-6-8-19(14-18)22(26)24-11-4-3-5-12-24/h6-10,13-14,25H,3-5,11-12,15-16H2,1-2H3. The molecule has 4 nitrogen and oxygen atoms in total. The van der Waals surface area contributed by atoms with Gasteiger partial charge in [0.1, 0.15) is 0 Å². The van der Waals surface area contributed by atoms with Crippen molar-refractivity contribution in [3.63, 3.8) is 0 Å². The molecule has 0 unspecified atom stereocenters. The first-order valence-electron chi connectivity index (χ1n) is 9.35. The molecule has 26 heavy (non-hydrogen) atoms. The Hall–Kier alpha value is -2.17. The van der Waals surface area contributed by atoms with Crippen LogP contribution in [0.2, 0.25) is 0 Å². The molecule has 138 valence electrons. The van der Waals surface area contributed by atoms with Crippen LogP contribution in [-0.2, 0) is 13.2 Å². The zero-order valence-corrected chi connectivity index (χ0v) is 15.7. The van der Waals surface area contributed by atoms with E-state index in [9.17, 15) is 9.90 Å². The minimum Gasteiger partial charge on any atom is -0.392 e. The van der Waals surface area contributed by atoms with Crippen LogP contribution in [0.3, 0.4) is 0 Å². The van der Waals surface area contributed by atoms with E-state index in [0.717, 1.165) is 54.7 Å². The summed E-state index contributed by atoms with van der Waals surface area (Å²) < 4.78 is 0. The van der Waals surface area contributed by atoms with E-state index in [0.29, 0.717) is 0 Å². The molecule has 0 atom stereocenters. The lowest BCUT2D eigenvalue weighted by Crippen LogP contribution is -2.35. The zero-order valence-electron chi connectivity index (χ0n) is 15.7. The highest BCUT2D eigenvalue weighted by Crippen LogP contribution is 2.27. The van der Waals surface area contributed by atoms with Crippen molar-refractivity contribution in [3.8, 4) is 11.1 Å². The largest absolute Gasteiger partial charge is 0.392 e. The predicted molar refractivity (Wildman–Crippen MR) is 105 cm³/mol. The number of aliphatic hydroxyl groups is 1. The van der Waals surface area contributed by atoms with Crippen molar-refractivity contribution >= 4 is 5.91 Å². The molecule has 0 aromatic heterocycles. The second kappa shape index (κ2) is 8.47. The lowest BCUT2D eigenvalue weighted by molar-refractivity contribution is 0.0724. The molecular weight excluding hydrogens is 324 g/mol. The number of carbonyl (C=O) groups is 1. The number of rotatable bonds is 5. The summed E-state index contributed by atoms with van der Waals surface area (Å²) >= 11 is 0. The first-order chi connectivity index (χ1) is 12.6. The van der Waals surface area contributed by atoms with E-state index in [4.69, 9.17) is 0 Å². The first kappa shape index (κ1) is 18.6. The van der Waals surface area contributed by atoms with E-state index < -0.39 is 0 Å². The van der Waals surface area contributed by atoms with Gasteiger partial charge in [0.05, 0.1) is 6.61 Å². The van der Waals surface area contributed by atoms with Crippen molar-refractivity contribution in [1.82, 2.24) is 9.80 Å². The van der Waals surface area contributed by atoms with Crippen molar-refractivity contribution in [2.75, 3.05) is 27.2 Å². The molecule has 0 aliphatic carbocycles. The Morgan fingerprint density at radius 1 is 1.08 bits per heavy atom. The molecule has 0 radical (unpaired) electrons. The van der Waals surface area contributed by atoms with Gasteiger partial charge >= 0.3 is 0 Å². The van der Waals surface area contributed by atoms with Gasteiger partial charge in [0.15, 0.2) is 0 Å². The van der Waals surface area contributed by atoms with E-state index in [1.807, 2.05) is 43.3 Å². The molecule has 1 heterocycles. The van der Waals surface area contributed by atoms with E-state index in [1.54, 1.807) is 0 Å². The SMILES string of the molecule is CN(C)Cc1ccc(-c2cccc(C(=O)N3CCCCC3)c2)c(CO)c1. The Balaban J connectivity index is 1.88. The number of hydrogen-bond acceptors (Lipinski definition) is 3. The van der Waals surface area contributed by atoms with E-state index in [-0.39, 0.29) is 12.5 Å². The summed E-state index contributed by atoms with van der Waals surface area (Å²) in [5.41, 5.74) is 4.76. The lowest BCUT2D eigenvalue weighted by atomic mass is 9.96. The van der Waals surface area contributed by atoms with Crippen molar-refractivity contribution in [2.45, 2.75) is 32.4 Å². The van der Waals surface area contributed by atoms with Crippen LogP contribution in [0.5, 0.6) is 0 Å². The zero-order chi connectivity index (χ0) is 18.5. The fraction of sp³-hybridized carbons (Fsp3) is 0.409. The van der Waals surface area contributed by atoms with Crippen LogP contribution in [0, 0.1) is 0 Å². The Morgan fingerprint density at radius 2 is 1.85 bits per heavy atom. The van der Waals surface area contributed by atoms with Crippen LogP contribution in [0.1, 0.15) is 40.7 Å². The predicted octanol–water partition coefficient (Wildman–Crippen LogP) is 3.53. The van der Waals surface area contributed by atoms with Crippen molar-refractivity contribution in [1.29, 1.82) is 0 Å². The highest BCUT2D eigenvalue weighted by atomic mass is 16.3. The molecular formula is C22H28N2O2. The van der Waals surface area contributed by atoms with Crippen molar-refractivity contribution in [3.05, 3.63) is 59.2 Å². The summed E-state index contributed by atoms with van der Waals surface area (Å²) in [5.74, 6) is 0.112. The maximum Gasteiger partial charge on any atom is 0.253 e. The Bertz CT molecular complexity index is 764. The average Bonchev–Trinajstić information content (AvgIpc) is 2.67. The minimum absolute atomic E-state index is 0.0130. The summed E-state index contributed by atoms with van der Waals surface area (Å²) in [7, 11) is 4.06. The number of amides is 1. The smallest absolute Gasteiger partial charge is 0.253 e. The number of benzene rings is 2. The molecule has 0 saturated carbocycles. The van der Waals surface area contributed by atoms with Gasteiger partial charge in [0, 0.05) is 25.2 Å². The van der Waals surface area contributed by atoms with E-state index in [1.165, 1.54) is 12.0 Å². The van der Waals surface area contributed by atoms with Gasteiger partial charge in [-0.3, -0.25) is 4.79 Å². The molecule has 2 aromatic rings. The van der Waals surface area contributed by atoms with Gasteiger partial charge in [-0.1, -0.05) is 30.3 Å². The molecule has 3 rings (SSSR count). The Labute approximate surface area is 156 Å². The summed E-state index contributed by atoms with van der Waals surface area (Å²) in [5, 5.41) is 9.83. The molecule has 0 bridgehead atoms. The number of piperidine rings is 1. The molecule has 1 amide bonds. The lowest BCUT2D eigenvalue weighted by Gasteiger charge is -2.27. The molecule has 1 fully saturated rings. The van der Waals surface area contributed by atoms with Crippen LogP contribution in [-0.4, -0.2) is 48.0 Å². The fourth-order valence-corrected chi connectivity index (χ4v) is 3.62. The van der Waals surface area contributed by atoms with Crippen molar-refractivity contribution in [2.24, 2.45) is 0 Å². The maximum absolute atomic E-state index is 12.8. The van der Waals surface area contributed by atoms with Gasteiger partial charge in [-0.05, 0) is 67.7 Å². The van der Waals surface area contributed by atoms with Crippen LogP contribution in [0.4, 0.5) is 0 Å². The van der Waals surface area contributed by atoms with Gasteiger partial charge in [-0.25, -0.2) is 0 Å². The minimum atomic E-state index is -0.0130. The Morgan fingerprint density at radius 3 is 2.54 bits per heavy atom. The van der Waals surface area contributed by atoms with Crippen LogP contribution >= 0.6 is 0 Å². The van der Waals surface area contributed by atoms with Gasteiger partial charge in [0.2, 0.25) is 0 Å². The van der Waals surface area contributed by atoms with Gasteiger partial charge < -0.3 is 14.9 Å². The topological polar surface area (TPSA) is 43.8 Å². The van der Waals surface area contributed by atoms with Crippen LogP contribution in [0.25, 0.3) is 11.1 Å². The number of nitrogens with zero attached hydrogens (tertiary/aromatic N) is 2. The second-order valence-electron chi connectivity index (χ2n) is 7.32. The van der Waals surface area contributed by atoms with Gasteiger partial charge in [-0.2, -0.15) is 0 Å². The van der Waals surface area contributed by atoms with Crippen molar-refractivity contribution < 1.29 is 9.90 Å². The molecule has 2 aromatic carbocycles. The average molecular weight is 352 g/mol. The molecule has 4 heteroatoms. The number of aliphatic hydroxyl groups excluding tert-OH is 1. The summed E-state index contributed by atoms with van der Waals surface area (Å²) in [6.07, 6.45) is 3.39. The molecule has 1 aliphatic rings. The number of likely N-dealkylation sites (tertiary alicyclic amines) is 1. The monoisotopic (exact) mass is 352 g/mol. The third-order valence-corrected chi connectivity index (χ3v) is 4.90. The van der Waals surface area contributed by atoms with E-state index >= 15 is 0 Å². The van der Waals surface area contributed by atoms with E-state index in [2.05, 4.69) is 23.1 Å². The maximum atomic E-state index is 12.8. The third-order valence-electron chi connectivity index (χ3n) is 4.90. The Kier molecular flexibility index (Phi) is 6.07. The highest BCUT2D eigenvalue weighted by Gasteiger charge is 2.18. The summed E-state index contributed by atoms with van der Waals surface area (Å²) in [6, 6.07) is 14.0. The third kappa shape index (κ3) is 4.32. The molecule has 0 spiro atoms. The quantitative estimate of drug-likeness (QED) is 0.895. The molecule has 1 N–H and O–H groups in total. The fourth-order valence-electron chi connectivity index (χ4n) is 3.62. The normalized spacial score (nSPS) is 14.7. The van der Waals surface area contributed by atoms with Gasteiger partial charge in [0.25, 0.3) is 5.91 Å². The number of hydrogen-bond donors (Lipinski definition) is 1. The second-order valence-corrected chi connectivity index (χ2v) is 7.32.